The summed E-state index contributed by atoms with van der Waals surface area (Å²) < 4.78 is 56.2. The number of sulfonamides is 2. The van der Waals surface area contributed by atoms with Gasteiger partial charge in [0.25, 0.3) is 26.0 Å². The molecule has 190 valence electrons. The van der Waals surface area contributed by atoms with E-state index < -0.39 is 26.0 Å². The van der Waals surface area contributed by atoms with Crippen molar-refractivity contribution in [3.05, 3.63) is 114 Å². The fraction of sp³-hybridized carbons (Fsp3) is 0.0741. The third kappa shape index (κ3) is 6.16. The van der Waals surface area contributed by atoms with E-state index in [1.165, 1.54) is 48.5 Å². The molecule has 0 saturated carbocycles. The predicted molar refractivity (Wildman–Crippen MR) is 145 cm³/mol. The number of anilines is 3. The largest absolute Gasteiger partial charge is 0.322 e. The van der Waals surface area contributed by atoms with E-state index in [-0.39, 0.29) is 21.0 Å². The van der Waals surface area contributed by atoms with Gasteiger partial charge >= 0.3 is 0 Å². The minimum atomic E-state index is -3.91. The third-order valence-electron chi connectivity index (χ3n) is 5.56. The number of para-hydroxylation sites is 2. The van der Waals surface area contributed by atoms with Crippen molar-refractivity contribution < 1.29 is 21.6 Å². The average molecular weight is 536 g/mol. The Labute approximate surface area is 216 Å². The van der Waals surface area contributed by atoms with Gasteiger partial charge in [0.1, 0.15) is 0 Å². The number of benzene rings is 4. The lowest BCUT2D eigenvalue weighted by Crippen LogP contribution is -2.18. The van der Waals surface area contributed by atoms with Gasteiger partial charge in [0, 0.05) is 5.69 Å². The van der Waals surface area contributed by atoms with E-state index >= 15 is 0 Å². The highest BCUT2D eigenvalue weighted by atomic mass is 32.2. The Hall–Kier alpha value is -4.15. The summed E-state index contributed by atoms with van der Waals surface area (Å²) in [5.74, 6) is -0.559. The Morgan fingerprint density at radius 1 is 0.595 bits per heavy atom. The minimum Gasteiger partial charge on any atom is -0.322 e. The first-order valence-electron chi connectivity index (χ1n) is 11.2. The van der Waals surface area contributed by atoms with Crippen molar-refractivity contribution in [2.45, 2.75) is 23.6 Å². The van der Waals surface area contributed by atoms with Crippen molar-refractivity contribution in [2.75, 3.05) is 14.8 Å². The molecule has 0 radical (unpaired) electrons. The van der Waals surface area contributed by atoms with E-state index in [9.17, 15) is 21.6 Å². The van der Waals surface area contributed by atoms with Gasteiger partial charge < -0.3 is 5.32 Å². The van der Waals surface area contributed by atoms with Crippen LogP contribution in [0.25, 0.3) is 0 Å². The van der Waals surface area contributed by atoms with Gasteiger partial charge in [-0.3, -0.25) is 14.2 Å². The number of aryl methyl sites for hydroxylation is 2. The van der Waals surface area contributed by atoms with Crippen LogP contribution in [0, 0.1) is 13.8 Å². The molecule has 0 fully saturated rings. The van der Waals surface area contributed by atoms with Crippen molar-refractivity contribution in [3.63, 3.8) is 0 Å². The van der Waals surface area contributed by atoms with Gasteiger partial charge in [0.2, 0.25) is 0 Å². The number of carbonyl (C=O) groups is 1. The van der Waals surface area contributed by atoms with Gasteiger partial charge in [-0.1, -0.05) is 48.0 Å². The normalized spacial score (nSPS) is 11.5. The fourth-order valence-corrected chi connectivity index (χ4v) is 5.71. The Morgan fingerprint density at radius 2 is 1.08 bits per heavy atom. The molecule has 4 rings (SSSR count). The van der Waals surface area contributed by atoms with E-state index in [2.05, 4.69) is 14.8 Å². The molecule has 0 aromatic heterocycles. The van der Waals surface area contributed by atoms with Gasteiger partial charge in [-0.2, -0.15) is 0 Å². The molecular formula is C27H25N3O5S2. The van der Waals surface area contributed by atoms with Crippen molar-refractivity contribution >= 4 is 43.0 Å². The molecule has 0 spiro atoms. The SMILES string of the molecule is Cc1ccc(S(=O)(=O)Nc2ccccc2C(=O)Nc2ccc(S(=O)(=O)Nc3ccccc3C)cc2)cc1. The number of amides is 1. The van der Waals surface area contributed by atoms with Crippen LogP contribution in [0.1, 0.15) is 21.5 Å². The van der Waals surface area contributed by atoms with Crippen molar-refractivity contribution in [1.82, 2.24) is 0 Å². The van der Waals surface area contributed by atoms with Gasteiger partial charge in [0.15, 0.2) is 0 Å². The molecule has 0 saturated heterocycles. The van der Waals surface area contributed by atoms with Gasteiger partial charge in [-0.25, -0.2) is 16.8 Å². The van der Waals surface area contributed by atoms with Crippen LogP contribution in [0.2, 0.25) is 0 Å². The molecule has 0 bridgehead atoms. The van der Waals surface area contributed by atoms with Crippen LogP contribution in [-0.2, 0) is 20.0 Å². The maximum atomic E-state index is 13.0. The molecule has 8 nitrogen and oxygen atoms in total. The molecule has 0 aliphatic heterocycles. The van der Waals surface area contributed by atoms with Gasteiger partial charge in [-0.15, -0.1) is 0 Å². The zero-order chi connectivity index (χ0) is 26.6. The van der Waals surface area contributed by atoms with Gasteiger partial charge in [-0.05, 0) is 74.0 Å². The molecule has 0 atom stereocenters. The van der Waals surface area contributed by atoms with Crippen molar-refractivity contribution in [1.29, 1.82) is 0 Å². The zero-order valence-electron chi connectivity index (χ0n) is 20.1. The second-order valence-electron chi connectivity index (χ2n) is 8.36. The molecule has 0 heterocycles. The summed E-state index contributed by atoms with van der Waals surface area (Å²) in [6.45, 7) is 3.65. The smallest absolute Gasteiger partial charge is 0.261 e. The summed E-state index contributed by atoms with van der Waals surface area (Å²) in [6, 6.07) is 25.3. The average Bonchev–Trinajstić information content (AvgIpc) is 2.86. The molecule has 4 aromatic rings. The Balaban J connectivity index is 1.50. The van der Waals surface area contributed by atoms with Crippen LogP contribution in [0.3, 0.4) is 0 Å². The Bertz CT molecular complexity index is 1650. The predicted octanol–water partition coefficient (Wildman–Crippen LogP) is 5.16. The van der Waals surface area contributed by atoms with E-state index in [0.717, 1.165) is 11.1 Å². The summed E-state index contributed by atoms with van der Waals surface area (Å²) in [5.41, 5.74) is 2.74. The molecular weight excluding hydrogens is 510 g/mol. The maximum Gasteiger partial charge on any atom is 0.261 e. The molecule has 4 aromatic carbocycles. The van der Waals surface area contributed by atoms with E-state index in [4.69, 9.17) is 0 Å². The highest BCUT2D eigenvalue weighted by Crippen LogP contribution is 2.24. The quantitative estimate of drug-likeness (QED) is 0.288. The summed E-state index contributed by atoms with van der Waals surface area (Å²) in [4.78, 5) is 13.1. The molecule has 0 unspecified atom stereocenters. The summed E-state index contributed by atoms with van der Waals surface area (Å²) in [5, 5.41) is 2.68. The maximum absolute atomic E-state index is 13.0. The van der Waals surface area contributed by atoms with Crippen LogP contribution in [0.15, 0.2) is 107 Å². The van der Waals surface area contributed by atoms with Gasteiger partial charge in [0.05, 0.1) is 26.7 Å². The molecule has 1 amide bonds. The van der Waals surface area contributed by atoms with Crippen LogP contribution in [0.4, 0.5) is 17.1 Å². The lowest BCUT2D eigenvalue weighted by Gasteiger charge is -2.14. The minimum absolute atomic E-state index is 0.0278. The monoisotopic (exact) mass is 535 g/mol. The summed E-state index contributed by atoms with van der Waals surface area (Å²) in [6.07, 6.45) is 0. The van der Waals surface area contributed by atoms with Crippen LogP contribution in [-0.4, -0.2) is 22.7 Å². The molecule has 10 heteroatoms. The first-order chi connectivity index (χ1) is 17.5. The second kappa shape index (κ2) is 10.5. The number of hydrogen-bond acceptors (Lipinski definition) is 5. The zero-order valence-corrected chi connectivity index (χ0v) is 21.7. The van der Waals surface area contributed by atoms with Crippen LogP contribution < -0.4 is 14.8 Å². The van der Waals surface area contributed by atoms with Crippen molar-refractivity contribution in [3.8, 4) is 0 Å². The van der Waals surface area contributed by atoms with E-state index in [1.807, 2.05) is 13.0 Å². The van der Waals surface area contributed by atoms with Crippen LogP contribution >= 0.6 is 0 Å². The number of hydrogen-bond donors (Lipinski definition) is 3. The standard InChI is InChI=1S/C27H25N3O5S2/c1-19-11-15-22(16-12-19)37(34,35)30-26-10-6-4-8-24(26)27(31)28-21-13-17-23(18-14-21)36(32,33)29-25-9-5-3-7-20(25)2/h3-18,29-30H,1-2H3,(H,28,31). The summed E-state index contributed by atoms with van der Waals surface area (Å²) >= 11 is 0. The third-order valence-corrected chi connectivity index (χ3v) is 8.32. The van der Waals surface area contributed by atoms with E-state index in [1.54, 1.807) is 49.4 Å². The lowest BCUT2D eigenvalue weighted by atomic mass is 10.1. The van der Waals surface area contributed by atoms with E-state index in [0.29, 0.717) is 11.4 Å². The highest BCUT2D eigenvalue weighted by molar-refractivity contribution is 7.93. The number of rotatable bonds is 8. The topological polar surface area (TPSA) is 121 Å². The molecule has 3 N–H and O–H groups in total. The van der Waals surface area contributed by atoms with Crippen molar-refractivity contribution in [2.24, 2.45) is 0 Å². The number of carbonyl (C=O) groups excluding carboxylic acids is 1. The second-order valence-corrected chi connectivity index (χ2v) is 11.7. The first-order valence-corrected chi connectivity index (χ1v) is 14.2. The highest BCUT2D eigenvalue weighted by Gasteiger charge is 2.19. The Morgan fingerprint density at radius 3 is 1.68 bits per heavy atom. The first kappa shape index (κ1) is 25.9. The lowest BCUT2D eigenvalue weighted by molar-refractivity contribution is 0.102. The Kier molecular flexibility index (Phi) is 7.33. The summed E-state index contributed by atoms with van der Waals surface area (Å²) in [7, 11) is -7.74. The molecule has 37 heavy (non-hydrogen) atoms. The van der Waals surface area contributed by atoms with Crippen LogP contribution in [0.5, 0.6) is 0 Å². The molecule has 0 aliphatic carbocycles. The molecule has 0 aliphatic rings. The fourth-order valence-electron chi connectivity index (χ4n) is 3.50. The number of nitrogens with one attached hydrogen (secondary N) is 3.